The van der Waals surface area contributed by atoms with Gasteiger partial charge in [0.05, 0.1) is 16.4 Å². The van der Waals surface area contributed by atoms with Gasteiger partial charge in [-0.3, -0.25) is 9.59 Å². The first-order chi connectivity index (χ1) is 11.3. The molecule has 0 aliphatic rings. The lowest BCUT2D eigenvalue weighted by Crippen LogP contribution is -2.35. The van der Waals surface area contributed by atoms with Crippen molar-refractivity contribution in [2.75, 3.05) is 10.6 Å². The maximum atomic E-state index is 11.6. The second kappa shape index (κ2) is 7.53. The molecule has 11 heteroatoms. The van der Waals surface area contributed by atoms with Crippen LogP contribution in [0.2, 0.25) is 0 Å². The Morgan fingerprint density at radius 2 is 2.12 bits per heavy atom. The summed E-state index contributed by atoms with van der Waals surface area (Å²) in [5, 5.41) is 6.51. The molecule has 0 aliphatic heterocycles. The minimum Gasteiger partial charge on any atom is -0.368 e. The van der Waals surface area contributed by atoms with E-state index in [2.05, 4.69) is 40.9 Å². The van der Waals surface area contributed by atoms with Crippen LogP contribution in [-0.2, 0) is 4.79 Å². The molecule has 2 rings (SSSR count). The molecule has 2 heterocycles. The zero-order valence-corrected chi connectivity index (χ0v) is 15.4. The van der Waals surface area contributed by atoms with Gasteiger partial charge in [-0.15, -0.1) is 0 Å². The average Bonchev–Trinajstić information content (AvgIpc) is 2.84. The number of rotatable bonds is 7. The van der Waals surface area contributed by atoms with Gasteiger partial charge in [0.15, 0.2) is 11.5 Å². The molecule has 0 saturated carbocycles. The van der Waals surface area contributed by atoms with Crippen molar-refractivity contribution in [3.63, 3.8) is 0 Å². The van der Waals surface area contributed by atoms with E-state index in [4.69, 9.17) is 11.5 Å². The Bertz CT molecular complexity index is 780. The Hall–Kier alpha value is -2.27. The molecule has 6 N–H and O–H groups in total. The van der Waals surface area contributed by atoms with Crippen LogP contribution in [0.1, 0.15) is 29.5 Å². The van der Waals surface area contributed by atoms with Gasteiger partial charge in [-0.2, -0.15) is 4.37 Å². The highest BCUT2D eigenvalue weighted by Crippen LogP contribution is 2.32. The van der Waals surface area contributed by atoms with Crippen LogP contribution < -0.4 is 22.1 Å². The van der Waals surface area contributed by atoms with Crippen LogP contribution >= 0.6 is 27.5 Å². The van der Waals surface area contributed by atoms with Gasteiger partial charge in [-0.25, -0.2) is 9.97 Å². The van der Waals surface area contributed by atoms with E-state index in [1.54, 1.807) is 0 Å². The Morgan fingerprint density at radius 3 is 2.62 bits per heavy atom. The molecular weight excluding hydrogens is 398 g/mol. The van der Waals surface area contributed by atoms with Crippen molar-refractivity contribution in [3.05, 3.63) is 22.1 Å². The smallest absolute Gasteiger partial charge is 0.271 e. The summed E-state index contributed by atoms with van der Waals surface area (Å²) in [6, 6.07) is -0.594. The number of carbonyl (C=O) groups is 2. The van der Waals surface area contributed by atoms with E-state index in [9.17, 15) is 9.59 Å². The van der Waals surface area contributed by atoms with E-state index >= 15 is 0 Å². The average molecular weight is 414 g/mol. The number of aromatic nitrogens is 3. The van der Waals surface area contributed by atoms with Gasteiger partial charge < -0.3 is 22.1 Å². The molecule has 0 spiro atoms. The molecule has 2 aromatic rings. The number of halogens is 1. The fourth-order valence-electron chi connectivity index (χ4n) is 1.82. The number of aryl methyl sites for hydroxylation is 1. The number of nitrogens with zero attached hydrogens (tertiary/aromatic N) is 3. The minimum atomic E-state index is -0.726. The summed E-state index contributed by atoms with van der Waals surface area (Å²) >= 11 is 4.60. The van der Waals surface area contributed by atoms with Gasteiger partial charge in [-0.05, 0) is 40.8 Å². The molecule has 1 unspecified atom stereocenters. The second-order valence-corrected chi connectivity index (χ2v) is 6.43. The highest BCUT2D eigenvalue weighted by Gasteiger charge is 2.18. The van der Waals surface area contributed by atoms with E-state index in [-0.39, 0.29) is 11.5 Å². The predicted octanol–water partition coefficient (Wildman–Crippen LogP) is 1.52. The number of primary amides is 2. The fraction of sp³-hybridized carbons (Fsp3) is 0.308. The van der Waals surface area contributed by atoms with Crippen LogP contribution in [0, 0.1) is 6.92 Å². The number of anilines is 3. The van der Waals surface area contributed by atoms with E-state index in [1.807, 2.05) is 13.8 Å². The summed E-state index contributed by atoms with van der Waals surface area (Å²) in [5.41, 5.74) is 11.4. The SMILES string of the molecule is CCC(Nc1cnc(C(N)=O)c(Nc2snc(C)c2Br)n1)C(N)=O. The van der Waals surface area contributed by atoms with Crippen molar-refractivity contribution in [3.8, 4) is 0 Å². The molecule has 0 bridgehead atoms. The lowest BCUT2D eigenvalue weighted by molar-refractivity contribution is -0.118. The maximum absolute atomic E-state index is 11.6. The zero-order valence-electron chi connectivity index (χ0n) is 13.0. The van der Waals surface area contributed by atoms with E-state index in [0.717, 1.165) is 10.2 Å². The molecule has 128 valence electrons. The summed E-state index contributed by atoms with van der Waals surface area (Å²) in [7, 11) is 0. The van der Waals surface area contributed by atoms with Crippen LogP contribution in [0.15, 0.2) is 10.7 Å². The molecule has 0 saturated heterocycles. The number of nitrogens with one attached hydrogen (secondary N) is 2. The minimum absolute atomic E-state index is 0.0226. The predicted molar refractivity (Wildman–Crippen MR) is 95.3 cm³/mol. The Balaban J connectivity index is 2.36. The maximum Gasteiger partial charge on any atom is 0.271 e. The van der Waals surface area contributed by atoms with Crippen LogP contribution in [0.5, 0.6) is 0 Å². The van der Waals surface area contributed by atoms with Crippen molar-refractivity contribution in [1.29, 1.82) is 0 Å². The third-order valence-corrected chi connectivity index (χ3v) is 5.19. The van der Waals surface area contributed by atoms with E-state index in [1.165, 1.54) is 17.7 Å². The normalized spacial score (nSPS) is 11.8. The van der Waals surface area contributed by atoms with E-state index < -0.39 is 17.9 Å². The van der Waals surface area contributed by atoms with Gasteiger partial charge >= 0.3 is 0 Å². The summed E-state index contributed by atoms with van der Waals surface area (Å²) in [4.78, 5) is 31.2. The fourth-order valence-corrected chi connectivity index (χ4v) is 3.03. The number of hydrogen-bond donors (Lipinski definition) is 4. The van der Waals surface area contributed by atoms with Gasteiger partial charge in [0.2, 0.25) is 5.91 Å². The molecule has 24 heavy (non-hydrogen) atoms. The van der Waals surface area contributed by atoms with Gasteiger partial charge in [0.1, 0.15) is 16.9 Å². The molecule has 9 nitrogen and oxygen atoms in total. The van der Waals surface area contributed by atoms with Crippen molar-refractivity contribution in [2.45, 2.75) is 26.3 Å². The van der Waals surface area contributed by atoms with Crippen molar-refractivity contribution < 1.29 is 9.59 Å². The third-order valence-electron chi connectivity index (χ3n) is 3.10. The van der Waals surface area contributed by atoms with Crippen LogP contribution in [-0.4, -0.2) is 32.2 Å². The lowest BCUT2D eigenvalue weighted by Gasteiger charge is -2.15. The Kier molecular flexibility index (Phi) is 5.67. The molecule has 0 aromatic carbocycles. The van der Waals surface area contributed by atoms with Gasteiger partial charge in [0.25, 0.3) is 5.91 Å². The largest absolute Gasteiger partial charge is 0.368 e. The van der Waals surface area contributed by atoms with Gasteiger partial charge in [-0.1, -0.05) is 6.92 Å². The molecule has 0 radical (unpaired) electrons. The van der Waals surface area contributed by atoms with Gasteiger partial charge in [0, 0.05) is 0 Å². The molecule has 2 amide bonds. The molecular formula is C13H16BrN7O2S. The number of hydrogen-bond acceptors (Lipinski definition) is 8. The number of nitrogens with two attached hydrogens (primary N) is 2. The first kappa shape index (κ1) is 18.1. The number of amides is 2. The first-order valence-electron chi connectivity index (χ1n) is 6.95. The molecule has 0 aliphatic carbocycles. The summed E-state index contributed by atoms with van der Waals surface area (Å²) in [5.74, 6) is -0.772. The van der Waals surface area contributed by atoms with E-state index in [0.29, 0.717) is 17.2 Å². The summed E-state index contributed by atoms with van der Waals surface area (Å²) in [6.45, 7) is 3.65. The molecule has 2 aromatic heterocycles. The molecule has 0 fully saturated rings. The second-order valence-electron chi connectivity index (χ2n) is 4.86. The summed E-state index contributed by atoms with van der Waals surface area (Å²) in [6.07, 6.45) is 1.81. The van der Waals surface area contributed by atoms with Crippen molar-refractivity contribution >= 4 is 55.9 Å². The highest BCUT2D eigenvalue weighted by atomic mass is 79.9. The zero-order chi connectivity index (χ0) is 17.9. The Morgan fingerprint density at radius 1 is 1.42 bits per heavy atom. The van der Waals surface area contributed by atoms with Crippen LogP contribution in [0.25, 0.3) is 0 Å². The topological polar surface area (TPSA) is 149 Å². The monoisotopic (exact) mass is 413 g/mol. The number of carbonyl (C=O) groups excluding carboxylic acids is 2. The standard InChI is InChI=1S/C13H16BrN7O2S/c1-3-6(10(15)22)18-7-4-17-9(11(16)23)12(19-7)20-13-8(14)5(2)21-24-13/h4,6H,3H2,1-2H3,(H2,15,22)(H2,16,23)(H2,18,19,20). The molecule has 1 atom stereocenters. The van der Waals surface area contributed by atoms with Crippen LogP contribution in [0.3, 0.4) is 0 Å². The van der Waals surface area contributed by atoms with Crippen molar-refractivity contribution in [2.24, 2.45) is 11.5 Å². The third kappa shape index (κ3) is 3.97. The Labute approximate surface area is 150 Å². The quantitative estimate of drug-likeness (QED) is 0.537. The summed E-state index contributed by atoms with van der Waals surface area (Å²) < 4.78 is 4.94. The first-order valence-corrected chi connectivity index (χ1v) is 8.51. The lowest BCUT2D eigenvalue weighted by atomic mass is 10.2. The van der Waals surface area contributed by atoms with Crippen molar-refractivity contribution in [1.82, 2.24) is 14.3 Å². The van der Waals surface area contributed by atoms with Crippen LogP contribution in [0.4, 0.5) is 16.6 Å². The highest BCUT2D eigenvalue weighted by molar-refractivity contribution is 9.10.